The van der Waals surface area contributed by atoms with Crippen molar-refractivity contribution in [3.8, 4) is 11.5 Å². The Balaban J connectivity index is 0.933. The lowest BCUT2D eigenvalue weighted by Crippen LogP contribution is -2.53. The summed E-state index contributed by atoms with van der Waals surface area (Å²) in [6.45, 7) is 3.83. The number of aliphatic imine (C=N–C) groups is 1. The summed E-state index contributed by atoms with van der Waals surface area (Å²) in [4.78, 5) is 57.0. The number of piperidine rings is 1. The van der Waals surface area contributed by atoms with Crippen LogP contribution in [0.2, 0.25) is 5.02 Å². The number of esters is 1. The maximum Gasteiger partial charge on any atom is 0.338 e. The van der Waals surface area contributed by atoms with Crippen LogP contribution in [-0.2, 0) is 9.53 Å². The number of hydrogen-bond acceptors (Lipinski definition) is 11. The highest BCUT2D eigenvalue weighted by atomic mass is 35.5. The third-order valence-electron chi connectivity index (χ3n) is 10.9. The number of likely N-dealkylation sites (tertiary alicyclic amines) is 1. The van der Waals surface area contributed by atoms with Gasteiger partial charge in [0, 0.05) is 91.5 Å². The zero-order valence-corrected chi connectivity index (χ0v) is 32.7. The summed E-state index contributed by atoms with van der Waals surface area (Å²) in [6, 6.07) is 17.4. The first-order valence-electron chi connectivity index (χ1n) is 18.8. The molecule has 0 saturated carbocycles. The van der Waals surface area contributed by atoms with E-state index in [-0.39, 0.29) is 41.1 Å². The maximum atomic E-state index is 14.1. The number of carbonyl (C=O) groups excluding carboxylic acids is 3. The molecule has 0 radical (unpaired) electrons. The molecule has 3 saturated heterocycles. The number of amides is 3. The number of piperazine rings is 1. The van der Waals surface area contributed by atoms with Crippen molar-refractivity contribution in [1.29, 1.82) is 0 Å². The highest BCUT2D eigenvalue weighted by Gasteiger charge is 2.42. The van der Waals surface area contributed by atoms with Crippen molar-refractivity contribution >= 4 is 52.4 Å². The fourth-order valence-electron chi connectivity index (χ4n) is 7.82. The lowest BCUT2D eigenvalue weighted by Gasteiger charge is -2.38. The lowest BCUT2D eigenvalue weighted by molar-refractivity contribution is -0.136. The van der Waals surface area contributed by atoms with Crippen LogP contribution in [0.25, 0.3) is 0 Å². The van der Waals surface area contributed by atoms with Gasteiger partial charge in [-0.15, -0.1) is 11.3 Å². The zero-order chi connectivity index (χ0) is 39.6. The van der Waals surface area contributed by atoms with Crippen molar-refractivity contribution < 1.29 is 33.4 Å². The Morgan fingerprint density at radius 2 is 1.74 bits per heavy atom. The highest BCUT2D eigenvalue weighted by molar-refractivity contribution is 7.11. The number of thiazole rings is 1. The summed E-state index contributed by atoms with van der Waals surface area (Å²) in [5.41, 5.74) is 2.62. The van der Waals surface area contributed by atoms with Gasteiger partial charge in [0.25, 0.3) is 5.91 Å². The predicted molar refractivity (Wildman–Crippen MR) is 213 cm³/mol. The molecule has 4 aliphatic rings. The molecule has 3 amide bonds. The fraction of sp³-hybridized carbons (Fsp3) is 0.341. The minimum Gasteiger partial charge on any atom is -0.466 e. The topological polar surface area (TPSA) is 140 Å². The number of ether oxygens (including phenoxy) is 2. The van der Waals surface area contributed by atoms with Crippen molar-refractivity contribution in [2.24, 2.45) is 10.9 Å². The van der Waals surface area contributed by atoms with Gasteiger partial charge in [-0.05, 0) is 79.4 Å². The second kappa shape index (κ2) is 16.6. The van der Waals surface area contributed by atoms with Gasteiger partial charge in [0.2, 0.25) is 0 Å². The first-order valence-corrected chi connectivity index (χ1v) is 20.0. The van der Waals surface area contributed by atoms with Crippen LogP contribution in [0.5, 0.6) is 11.5 Å². The summed E-state index contributed by atoms with van der Waals surface area (Å²) >= 11 is 7.91. The van der Waals surface area contributed by atoms with Crippen molar-refractivity contribution in [3.63, 3.8) is 0 Å². The first kappa shape index (κ1) is 38.5. The van der Waals surface area contributed by atoms with E-state index in [1.807, 2.05) is 39.4 Å². The molecule has 0 bridgehead atoms. The summed E-state index contributed by atoms with van der Waals surface area (Å²) < 4.78 is 25.4. The van der Waals surface area contributed by atoms with Crippen LogP contribution in [-0.4, -0.2) is 114 Å². The molecule has 0 aliphatic carbocycles. The van der Waals surface area contributed by atoms with Crippen LogP contribution in [0.1, 0.15) is 39.8 Å². The Morgan fingerprint density at radius 3 is 2.40 bits per heavy atom. The number of aliphatic hydroxyl groups is 1. The Kier molecular flexibility index (Phi) is 11.2. The number of halogens is 2. The van der Waals surface area contributed by atoms with Gasteiger partial charge in [-0.25, -0.2) is 19.0 Å². The number of fused-ring (bicyclic) bond motifs is 1. The Bertz CT molecular complexity index is 2200. The van der Waals surface area contributed by atoms with E-state index in [0.717, 1.165) is 18.5 Å². The van der Waals surface area contributed by atoms with Gasteiger partial charge in [-0.3, -0.25) is 19.6 Å². The van der Waals surface area contributed by atoms with Crippen LogP contribution in [0.4, 0.5) is 14.9 Å². The van der Waals surface area contributed by atoms with Crippen molar-refractivity contribution in [1.82, 2.24) is 25.0 Å². The molecule has 2 N–H and O–H groups in total. The molecule has 3 fully saturated rings. The number of aromatic nitrogens is 1. The normalized spacial score (nSPS) is 20.3. The number of hydrogen-bond donors (Lipinski definition) is 2. The van der Waals surface area contributed by atoms with Gasteiger partial charge in [0.05, 0.1) is 18.7 Å². The minimum absolute atomic E-state index is 0.0261. The van der Waals surface area contributed by atoms with Gasteiger partial charge in [0.15, 0.2) is 10.8 Å². The number of methoxy groups -OCH3 is 1. The SMILES string of the molecule is COC(=O)C1=C(CN2CCN3C(=O)N(c4ccc(Oc5ccc(C(=O)N6CCC(CO)CC6)cc5)cc4)C[C@@H]3C2)NC(c2nccs2)=N[C@H]1c1ccc(F)cc1Cl. The molecule has 0 spiro atoms. The molecule has 57 heavy (non-hydrogen) atoms. The third-order valence-corrected chi connectivity index (χ3v) is 12.0. The predicted octanol–water partition coefficient (Wildman–Crippen LogP) is 5.72. The van der Waals surface area contributed by atoms with E-state index >= 15 is 0 Å². The summed E-state index contributed by atoms with van der Waals surface area (Å²) in [5.74, 6) is 0.784. The molecule has 8 rings (SSSR count). The molecule has 4 aromatic rings. The number of aliphatic hydroxyl groups excluding tert-OH is 1. The molecule has 5 heterocycles. The van der Waals surface area contributed by atoms with Crippen LogP contribution in [0, 0.1) is 11.7 Å². The number of amidine groups is 1. The summed E-state index contributed by atoms with van der Waals surface area (Å²) in [5, 5.41) is 15.3. The molecule has 13 nitrogen and oxygen atoms in total. The quantitative estimate of drug-likeness (QED) is 0.193. The summed E-state index contributed by atoms with van der Waals surface area (Å²) in [6.07, 6.45) is 3.28. The third kappa shape index (κ3) is 8.10. The summed E-state index contributed by atoms with van der Waals surface area (Å²) in [7, 11) is 1.30. The smallest absolute Gasteiger partial charge is 0.338 e. The van der Waals surface area contributed by atoms with Gasteiger partial charge in [-0.2, -0.15) is 0 Å². The van der Waals surface area contributed by atoms with Crippen LogP contribution in [0.3, 0.4) is 0 Å². The highest BCUT2D eigenvalue weighted by Crippen LogP contribution is 2.37. The molecule has 0 unspecified atom stereocenters. The largest absolute Gasteiger partial charge is 0.466 e. The van der Waals surface area contributed by atoms with Gasteiger partial charge in [0.1, 0.15) is 23.4 Å². The minimum atomic E-state index is -0.868. The van der Waals surface area contributed by atoms with E-state index in [0.29, 0.717) is 85.0 Å². The molecule has 2 atom stereocenters. The molecular weight excluding hydrogens is 773 g/mol. The lowest BCUT2D eigenvalue weighted by atomic mass is 9.95. The molecule has 1 aromatic heterocycles. The number of nitrogens with one attached hydrogen (secondary N) is 1. The average Bonchev–Trinajstić information content (AvgIpc) is 3.89. The van der Waals surface area contributed by atoms with Crippen LogP contribution in [0.15, 0.2) is 94.6 Å². The molecule has 4 aliphatic heterocycles. The van der Waals surface area contributed by atoms with E-state index in [1.165, 1.54) is 36.6 Å². The zero-order valence-electron chi connectivity index (χ0n) is 31.1. The van der Waals surface area contributed by atoms with Crippen LogP contribution < -0.4 is 15.0 Å². The van der Waals surface area contributed by atoms with Gasteiger partial charge in [-0.1, -0.05) is 17.7 Å². The number of benzene rings is 3. The number of carbonyl (C=O) groups is 3. The van der Waals surface area contributed by atoms with E-state index < -0.39 is 17.8 Å². The van der Waals surface area contributed by atoms with E-state index in [2.05, 4.69) is 15.2 Å². The maximum absolute atomic E-state index is 14.1. The number of anilines is 1. The first-order chi connectivity index (χ1) is 27.7. The van der Waals surface area contributed by atoms with Crippen LogP contribution >= 0.6 is 22.9 Å². The van der Waals surface area contributed by atoms with Gasteiger partial charge < -0.3 is 29.7 Å². The second-order valence-electron chi connectivity index (χ2n) is 14.4. The molecule has 3 aromatic carbocycles. The Hall–Kier alpha value is -5.35. The van der Waals surface area contributed by atoms with Crippen molar-refractivity contribution in [2.75, 3.05) is 64.4 Å². The second-order valence-corrected chi connectivity index (χ2v) is 15.7. The number of rotatable bonds is 10. The average molecular weight is 814 g/mol. The van der Waals surface area contributed by atoms with E-state index in [1.54, 1.807) is 35.4 Å². The van der Waals surface area contributed by atoms with E-state index in [4.69, 9.17) is 26.1 Å². The standard InChI is InChI=1S/C41H41ClFN7O6S/c1-55-40(53)35-34(45-37(38-44-14-19-57-38)46-36(35)32-11-4-27(43)20-33(32)42)23-47-17-18-49-29(21-47)22-50(41(49)54)28-5-9-31(10-6-28)56-30-7-2-26(3-8-30)39(52)48-15-12-25(24-51)13-16-48/h2-11,14,19-20,25,29,36,51H,12-13,15-18,21-24H2,1H3,(H,45,46)/t29-,36-/m0/s1. The van der Waals surface area contributed by atoms with Gasteiger partial charge >= 0.3 is 12.0 Å². The Labute approximate surface area is 338 Å². The number of urea groups is 1. The van der Waals surface area contributed by atoms with Crippen molar-refractivity contribution in [2.45, 2.75) is 24.9 Å². The van der Waals surface area contributed by atoms with Crippen molar-refractivity contribution in [3.05, 3.63) is 117 Å². The molecular formula is C41H41ClFN7O6S. The molecule has 296 valence electrons. The van der Waals surface area contributed by atoms with E-state index in [9.17, 15) is 23.9 Å². The fourth-order valence-corrected chi connectivity index (χ4v) is 8.68. The molecule has 16 heteroatoms. The number of nitrogens with zero attached hydrogens (tertiary/aromatic N) is 6. The monoisotopic (exact) mass is 813 g/mol. The Morgan fingerprint density at radius 1 is 1.00 bits per heavy atom.